The Hall–Kier alpha value is -4.59. The first kappa shape index (κ1) is 40.6. The van der Waals surface area contributed by atoms with Gasteiger partial charge in [-0.2, -0.15) is 0 Å². The Morgan fingerprint density at radius 1 is 0.632 bits per heavy atom. The molecule has 0 aromatic heterocycles. The van der Waals surface area contributed by atoms with Crippen molar-refractivity contribution in [3.63, 3.8) is 0 Å². The average molecular weight is 793 g/mol. The van der Waals surface area contributed by atoms with Crippen molar-refractivity contribution in [1.29, 1.82) is 0 Å². The van der Waals surface area contributed by atoms with Crippen LogP contribution in [0.15, 0.2) is 88.8 Å². The van der Waals surface area contributed by atoms with Gasteiger partial charge in [0.25, 0.3) is 0 Å². The molecule has 5 N–H and O–H groups in total. The zero-order valence-electron chi connectivity index (χ0n) is 32.7. The van der Waals surface area contributed by atoms with Crippen LogP contribution in [0.3, 0.4) is 0 Å². The van der Waals surface area contributed by atoms with Gasteiger partial charge in [0.1, 0.15) is 36.9 Å². The summed E-state index contributed by atoms with van der Waals surface area (Å²) in [4.78, 5) is 27.7. The molecule has 0 aliphatic heterocycles. The van der Waals surface area contributed by atoms with E-state index >= 15 is 0 Å². The van der Waals surface area contributed by atoms with E-state index in [1.807, 2.05) is 42.5 Å². The number of aliphatic hydroxyl groups is 5. The summed E-state index contributed by atoms with van der Waals surface area (Å²) in [6.45, 7) is 7.75. The van der Waals surface area contributed by atoms with E-state index in [4.69, 9.17) is 23.9 Å². The van der Waals surface area contributed by atoms with E-state index in [2.05, 4.69) is 33.8 Å². The van der Waals surface area contributed by atoms with Gasteiger partial charge in [0.2, 0.25) is 0 Å². The van der Waals surface area contributed by atoms with Crippen LogP contribution in [0.5, 0.6) is 11.5 Å². The van der Waals surface area contributed by atoms with Crippen molar-refractivity contribution in [2.24, 2.45) is 0 Å². The van der Waals surface area contributed by atoms with Gasteiger partial charge >= 0.3 is 0 Å². The second kappa shape index (κ2) is 16.0. The van der Waals surface area contributed by atoms with Crippen LogP contribution in [0.2, 0.25) is 0 Å². The highest BCUT2D eigenvalue weighted by Crippen LogP contribution is 2.52. The molecule has 4 aliphatic rings. The Morgan fingerprint density at radius 2 is 1.09 bits per heavy atom. The Balaban J connectivity index is 0.000000174. The number of allylic oxidation sites excluding steroid dienone is 4. The first-order valence-electron chi connectivity index (χ1n) is 19.0. The van der Waals surface area contributed by atoms with Gasteiger partial charge in [-0.25, -0.2) is 0 Å². The van der Waals surface area contributed by atoms with Crippen molar-refractivity contribution in [2.45, 2.75) is 75.1 Å². The molecule has 4 aromatic rings. The third-order valence-electron chi connectivity index (χ3n) is 11.6. The minimum atomic E-state index is -0.940. The van der Waals surface area contributed by atoms with Crippen LogP contribution in [-0.4, -0.2) is 82.8 Å². The van der Waals surface area contributed by atoms with Crippen LogP contribution in [0.4, 0.5) is 0 Å². The molecule has 2 atom stereocenters. The molecule has 0 unspecified atom stereocenters. The third-order valence-corrected chi connectivity index (χ3v) is 12.2. The molecule has 4 aliphatic carbocycles. The SMILES string of the molecule is CC1(C)C2=C(C(=O)c3ccc(OC[C@H](O)CO)cc31)c1ccc(CO)cc1C2.COSc1ccc2c(c1)CC1=C2C(=O)c2ccc(OC[C@H](O)CO)cc2C1(C)C. The first-order valence-corrected chi connectivity index (χ1v) is 19.7. The monoisotopic (exact) mass is 792 g/mol. The highest BCUT2D eigenvalue weighted by atomic mass is 32.2. The van der Waals surface area contributed by atoms with Gasteiger partial charge in [-0.15, -0.1) is 0 Å². The van der Waals surface area contributed by atoms with Crippen LogP contribution >= 0.6 is 12.0 Å². The Bertz CT molecular complexity index is 2320. The van der Waals surface area contributed by atoms with Gasteiger partial charge in [0, 0.05) is 50.0 Å². The zero-order chi connectivity index (χ0) is 40.8. The van der Waals surface area contributed by atoms with E-state index in [-0.39, 0.29) is 55.4 Å². The van der Waals surface area contributed by atoms with E-state index in [0.717, 1.165) is 72.6 Å². The second-order valence-corrected chi connectivity index (χ2v) is 16.9. The van der Waals surface area contributed by atoms with Gasteiger partial charge in [-0.3, -0.25) is 9.59 Å². The van der Waals surface area contributed by atoms with E-state index in [1.54, 1.807) is 31.4 Å². The smallest absolute Gasteiger partial charge is 0.193 e. The predicted octanol–water partition coefficient (Wildman–Crippen LogP) is 5.95. The van der Waals surface area contributed by atoms with Crippen molar-refractivity contribution >= 4 is 34.8 Å². The minimum Gasteiger partial charge on any atom is -0.491 e. The molecule has 0 saturated heterocycles. The quantitative estimate of drug-likeness (QED) is 0.114. The molecule has 8 rings (SSSR count). The number of carbonyl (C=O) groups excluding carboxylic acids is 2. The van der Waals surface area contributed by atoms with E-state index in [1.165, 1.54) is 12.0 Å². The predicted molar refractivity (Wildman–Crippen MR) is 218 cm³/mol. The normalized spacial score (nSPS) is 17.7. The summed E-state index contributed by atoms with van der Waals surface area (Å²) in [5, 5.41) is 46.4. The largest absolute Gasteiger partial charge is 0.491 e. The zero-order valence-corrected chi connectivity index (χ0v) is 33.5. The molecule has 0 saturated carbocycles. The lowest BCUT2D eigenvalue weighted by Crippen LogP contribution is -2.30. The number of carbonyl (C=O) groups is 2. The maximum atomic E-state index is 13.4. The molecule has 0 spiro atoms. The van der Waals surface area contributed by atoms with Crippen LogP contribution in [0.25, 0.3) is 11.1 Å². The Morgan fingerprint density at radius 3 is 1.54 bits per heavy atom. The molecule has 0 amide bonds. The molecule has 4 aromatic carbocycles. The van der Waals surface area contributed by atoms with Gasteiger partial charge in [0.15, 0.2) is 11.6 Å². The molecule has 57 heavy (non-hydrogen) atoms. The lowest BCUT2D eigenvalue weighted by molar-refractivity contribution is 0.0535. The van der Waals surface area contributed by atoms with Gasteiger partial charge < -0.3 is 39.2 Å². The number of ether oxygens (including phenoxy) is 2. The average Bonchev–Trinajstić information content (AvgIpc) is 3.81. The molecular formula is C46H48O10S. The number of hydrogen-bond donors (Lipinski definition) is 5. The van der Waals surface area contributed by atoms with Crippen molar-refractivity contribution in [1.82, 2.24) is 0 Å². The maximum Gasteiger partial charge on any atom is 0.193 e. The topological polar surface area (TPSA) is 163 Å². The molecular weight excluding hydrogens is 745 g/mol. The summed E-state index contributed by atoms with van der Waals surface area (Å²) in [5.74, 6) is 1.20. The summed E-state index contributed by atoms with van der Waals surface area (Å²) in [6.07, 6.45) is -0.455. The highest BCUT2D eigenvalue weighted by Gasteiger charge is 2.44. The second-order valence-electron chi connectivity index (χ2n) is 15.9. The Labute approximate surface area is 336 Å². The number of Topliss-reactive ketones (excluding diaryl/α,β-unsaturated/α-hetero) is 2. The van der Waals surface area contributed by atoms with Gasteiger partial charge in [-0.05, 0) is 111 Å². The summed E-state index contributed by atoms with van der Waals surface area (Å²) in [5.41, 5.74) is 11.3. The van der Waals surface area contributed by atoms with Crippen LogP contribution in [0, 0.1) is 0 Å². The minimum absolute atomic E-state index is 0.00297. The van der Waals surface area contributed by atoms with Gasteiger partial charge in [0.05, 0.1) is 26.9 Å². The van der Waals surface area contributed by atoms with Crippen molar-refractivity contribution < 1.29 is 48.8 Å². The van der Waals surface area contributed by atoms with Crippen molar-refractivity contribution in [3.8, 4) is 11.5 Å². The third kappa shape index (κ3) is 7.38. The molecule has 0 radical (unpaired) electrons. The lowest BCUT2D eigenvalue weighted by Gasteiger charge is -2.34. The number of fused-ring (bicyclic) bond motifs is 6. The van der Waals surface area contributed by atoms with E-state index in [0.29, 0.717) is 29.0 Å². The highest BCUT2D eigenvalue weighted by molar-refractivity contribution is 7.94. The number of hydrogen-bond acceptors (Lipinski definition) is 11. The van der Waals surface area contributed by atoms with Gasteiger partial charge in [-0.1, -0.05) is 52.0 Å². The number of ketones is 2. The van der Waals surface area contributed by atoms with Crippen LogP contribution < -0.4 is 9.47 Å². The summed E-state index contributed by atoms with van der Waals surface area (Å²) >= 11 is 1.32. The van der Waals surface area contributed by atoms with Crippen LogP contribution in [0.1, 0.15) is 87.4 Å². The maximum absolute atomic E-state index is 13.4. The molecule has 0 heterocycles. The number of rotatable bonds is 11. The van der Waals surface area contributed by atoms with Crippen molar-refractivity contribution in [3.05, 3.63) is 134 Å². The number of aliphatic hydroxyl groups excluding tert-OH is 5. The standard InChI is InChI=1S/C23H24O5S.C23H24O5/c1-23(2)19-10-15(28-12-14(25)11-24)4-6-18(19)22(26)21-17-7-5-16(29-27-3)8-13(17)9-20(21)23;1-23(2)19-9-16(28-12-15(26)11-25)4-6-18(19)22(27)21-17-5-3-13(10-24)7-14(17)8-20(21)23/h4-8,10,14,24-25H,9,11-12H2,1-3H3;3-7,9,15,24-26H,8,10-12H2,1-2H3/t14-;15-/m11/s1. The fourth-order valence-electron chi connectivity index (χ4n) is 8.45. The molecule has 11 heteroatoms. The van der Waals surface area contributed by atoms with E-state index in [9.17, 15) is 24.9 Å². The molecule has 0 bridgehead atoms. The lowest BCUT2D eigenvalue weighted by atomic mass is 9.68. The fraction of sp³-hybridized carbons (Fsp3) is 0.348. The number of benzene rings is 4. The Kier molecular flexibility index (Phi) is 11.4. The van der Waals surface area contributed by atoms with E-state index < -0.39 is 12.2 Å². The summed E-state index contributed by atoms with van der Waals surface area (Å²) < 4.78 is 16.4. The fourth-order valence-corrected chi connectivity index (χ4v) is 8.96. The van der Waals surface area contributed by atoms with Crippen molar-refractivity contribution in [2.75, 3.05) is 33.5 Å². The molecule has 10 nitrogen and oxygen atoms in total. The first-order chi connectivity index (χ1) is 27.2. The molecule has 0 fully saturated rings. The molecule has 298 valence electrons. The summed E-state index contributed by atoms with van der Waals surface area (Å²) in [7, 11) is 1.64. The summed E-state index contributed by atoms with van der Waals surface area (Å²) in [6, 6.07) is 22.7. The van der Waals surface area contributed by atoms with Crippen LogP contribution in [-0.2, 0) is 34.5 Å².